The molecule has 0 radical (unpaired) electrons. The van der Waals surface area contributed by atoms with Crippen molar-refractivity contribution in [3.63, 3.8) is 0 Å². The highest BCUT2D eigenvalue weighted by Gasteiger charge is 2.80. The van der Waals surface area contributed by atoms with Crippen molar-refractivity contribution in [1.29, 1.82) is 0 Å². The molecule has 90 valence electrons. The Bertz CT molecular complexity index is 364. The smallest absolute Gasteiger partial charge is 0.0602 e. The van der Waals surface area contributed by atoms with Crippen LogP contribution in [0, 0.1) is 34.0 Å². The second kappa shape index (κ2) is 2.39. The van der Waals surface area contributed by atoms with Crippen LogP contribution in [-0.4, -0.2) is 11.2 Å². The molecule has 5 aliphatic rings. The molecule has 16 heavy (non-hydrogen) atoms. The van der Waals surface area contributed by atoms with Gasteiger partial charge in [-0.25, -0.2) is 0 Å². The van der Waals surface area contributed by atoms with Crippen LogP contribution in [0.4, 0.5) is 0 Å². The molecule has 0 saturated heterocycles. The van der Waals surface area contributed by atoms with E-state index in [9.17, 15) is 5.11 Å². The molecule has 0 aromatic rings. The van der Waals surface area contributed by atoms with Gasteiger partial charge in [0.05, 0.1) is 6.10 Å². The molecule has 5 aliphatic carbocycles. The lowest BCUT2D eigenvalue weighted by Gasteiger charge is -2.61. The van der Waals surface area contributed by atoms with E-state index in [1.807, 2.05) is 0 Å². The van der Waals surface area contributed by atoms with Gasteiger partial charge in [-0.15, -0.1) is 0 Å². The first-order valence-corrected chi connectivity index (χ1v) is 7.12. The molecule has 1 spiro atoms. The molecule has 0 amide bonds. The van der Waals surface area contributed by atoms with Gasteiger partial charge >= 0.3 is 0 Å². The topological polar surface area (TPSA) is 20.2 Å². The predicted octanol–water partition coefficient (Wildman–Crippen LogP) is 3.22. The zero-order valence-corrected chi connectivity index (χ0v) is 10.8. The minimum atomic E-state index is -0.000671. The van der Waals surface area contributed by atoms with Crippen molar-refractivity contribution >= 4 is 0 Å². The molecule has 5 saturated carbocycles. The van der Waals surface area contributed by atoms with Crippen molar-refractivity contribution in [3.8, 4) is 0 Å². The molecule has 7 atom stereocenters. The van der Waals surface area contributed by atoms with Gasteiger partial charge in [0.1, 0.15) is 0 Å². The van der Waals surface area contributed by atoms with Crippen LogP contribution in [0.5, 0.6) is 0 Å². The molecule has 1 nitrogen and oxygen atoms in total. The van der Waals surface area contributed by atoms with Gasteiger partial charge in [0.2, 0.25) is 0 Å². The standard InChI is InChI=1S/C15H24O/c1-9-4-5-12(16)15-7-11-10(6-14(9,15)3)13(11,2)8-15/h9-12,16H,4-8H2,1-3H3/t9-,10+,11-,12+,13+,14+,15-/m1/s1. The number of aliphatic hydroxyl groups excluding tert-OH is 1. The van der Waals surface area contributed by atoms with Gasteiger partial charge in [-0.1, -0.05) is 20.8 Å². The lowest BCUT2D eigenvalue weighted by molar-refractivity contribution is -0.172. The van der Waals surface area contributed by atoms with Gasteiger partial charge in [0.15, 0.2) is 0 Å². The fourth-order valence-electron chi connectivity index (χ4n) is 6.35. The molecule has 1 N–H and O–H groups in total. The fourth-order valence-corrected chi connectivity index (χ4v) is 6.35. The second-order valence-corrected chi connectivity index (χ2v) is 7.87. The van der Waals surface area contributed by atoms with Crippen LogP contribution in [0.15, 0.2) is 0 Å². The van der Waals surface area contributed by atoms with E-state index in [0.717, 1.165) is 24.2 Å². The molecular formula is C15H24O. The van der Waals surface area contributed by atoms with E-state index in [1.165, 1.54) is 25.7 Å². The highest BCUT2D eigenvalue weighted by molar-refractivity contribution is 5.28. The van der Waals surface area contributed by atoms with Crippen molar-refractivity contribution in [2.24, 2.45) is 34.0 Å². The summed E-state index contributed by atoms with van der Waals surface area (Å²) in [6, 6.07) is 0. The van der Waals surface area contributed by atoms with Crippen molar-refractivity contribution in [2.45, 2.75) is 59.0 Å². The molecule has 4 bridgehead atoms. The number of hydrogen-bond donors (Lipinski definition) is 1. The van der Waals surface area contributed by atoms with Gasteiger partial charge in [0.25, 0.3) is 0 Å². The average Bonchev–Trinajstić information content (AvgIpc) is 2.66. The van der Waals surface area contributed by atoms with Crippen LogP contribution in [-0.2, 0) is 0 Å². The van der Waals surface area contributed by atoms with Crippen LogP contribution in [0.2, 0.25) is 0 Å². The van der Waals surface area contributed by atoms with Crippen LogP contribution >= 0.6 is 0 Å². The first kappa shape index (κ1) is 9.94. The lowest BCUT2D eigenvalue weighted by Crippen LogP contribution is -2.58. The quantitative estimate of drug-likeness (QED) is 0.664. The van der Waals surface area contributed by atoms with Crippen LogP contribution in [0.25, 0.3) is 0 Å². The van der Waals surface area contributed by atoms with E-state index in [4.69, 9.17) is 0 Å². The van der Waals surface area contributed by atoms with Crippen molar-refractivity contribution < 1.29 is 5.11 Å². The summed E-state index contributed by atoms with van der Waals surface area (Å²) in [5, 5.41) is 10.6. The predicted molar refractivity (Wildman–Crippen MR) is 63.9 cm³/mol. The Kier molecular flexibility index (Phi) is 1.48. The highest BCUT2D eigenvalue weighted by Crippen LogP contribution is 2.86. The second-order valence-electron chi connectivity index (χ2n) is 7.87. The average molecular weight is 220 g/mol. The molecule has 5 fully saturated rings. The van der Waals surface area contributed by atoms with Crippen LogP contribution < -0.4 is 0 Å². The first-order chi connectivity index (χ1) is 7.44. The van der Waals surface area contributed by atoms with Crippen LogP contribution in [0.1, 0.15) is 52.9 Å². The van der Waals surface area contributed by atoms with Gasteiger partial charge in [-0.2, -0.15) is 0 Å². The summed E-state index contributed by atoms with van der Waals surface area (Å²) in [5.74, 6) is 2.80. The third-order valence-corrected chi connectivity index (χ3v) is 7.73. The fraction of sp³-hybridized carbons (Fsp3) is 1.00. The monoisotopic (exact) mass is 220 g/mol. The van der Waals surface area contributed by atoms with E-state index >= 15 is 0 Å². The summed E-state index contributed by atoms with van der Waals surface area (Å²) in [4.78, 5) is 0. The van der Waals surface area contributed by atoms with Gasteiger partial charge in [-0.3, -0.25) is 0 Å². The van der Waals surface area contributed by atoms with E-state index in [2.05, 4.69) is 20.8 Å². The van der Waals surface area contributed by atoms with Crippen molar-refractivity contribution in [3.05, 3.63) is 0 Å². The molecule has 0 heterocycles. The van der Waals surface area contributed by atoms with Gasteiger partial charge < -0.3 is 5.11 Å². The lowest BCUT2D eigenvalue weighted by atomic mass is 9.44. The minimum Gasteiger partial charge on any atom is -0.393 e. The molecule has 0 unspecified atom stereocenters. The third kappa shape index (κ3) is 0.749. The molecule has 0 aromatic heterocycles. The van der Waals surface area contributed by atoms with Crippen LogP contribution in [0.3, 0.4) is 0 Å². The zero-order valence-electron chi connectivity index (χ0n) is 10.8. The Hall–Kier alpha value is -0.0400. The van der Waals surface area contributed by atoms with E-state index in [1.54, 1.807) is 0 Å². The highest BCUT2D eigenvalue weighted by atomic mass is 16.3. The Morgan fingerprint density at radius 1 is 1.06 bits per heavy atom. The van der Waals surface area contributed by atoms with E-state index in [-0.39, 0.29) is 6.10 Å². The minimum absolute atomic E-state index is 0.000671. The molecule has 0 aromatic carbocycles. The van der Waals surface area contributed by atoms with Gasteiger partial charge in [-0.05, 0) is 60.7 Å². The molecule has 1 heteroatoms. The Morgan fingerprint density at radius 3 is 2.38 bits per heavy atom. The molecular weight excluding hydrogens is 196 g/mol. The summed E-state index contributed by atoms with van der Waals surface area (Å²) in [5.41, 5.74) is 1.39. The summed E-state index contributed by atoms with van der Waals surface area (Å²) in [6.45, 7) is 7.42. The van der Waals surface area contributed by atoms with Gasteiger partial charge in [0, 0.05) is 5.41 Å². The Labute approximate surface area is 98.6 Å². The molecule has 0 aliphatic heterocycles. The zero-order chi connectivity index (χ0) is 11.3. The van der Waals surface area contributed by atoms with Crippen molar-refractivity contribution in [2.75, 3.05) is 0 Å². The first-order valence-electron chi connectivity index (χ1n) is 7.12. The summed E-state index contributed by atoms with van der Waals surface area (Å²) in [7, 11) is 0. The maximum absolute atomic E-state index is 10.6. The summed E-state index contributed by atoms with van der Waals surface area (Å²) >= 11 is 0. The maximum Gasteiger partial charge on any atom is 0.0602 e. The number of hydrogen-bond acceptors (Lipinski definition) is 1. The molecule has 5 rings (SSSR count). The van der Waals surface area contributed by atoms with E-state index < -0.39 is 0 Å². The number of rotatable bonds is 0. The largest absolute Gasteiger partial charge is 0.393 e. The summed E-state index contributed by atoms with van der Waals surface area (Å²) in [6.07, 6.45) is 6.39. The van der Waals surface area contributed by atoms with E-state index in [0.29, 0.717) is 16.2 Å². The SMILES string of the molecule is C[C@@H]1CC[C@H](O)[C@]23C[C@@H]4[C@H](C[C@@]12C)[C@]4(C)C3. The number of aliphatic hydroxyl groups is 1. The Morgan fingerprint density at radius 2 is 1.75 bits per heavy atom. The maximum atomic E-state index is 10.6. The normalized spacial score (nSPS) is 71.2. The third-order valence-electron chi connectivity index (χ3n) is 7.73. The summed E-state index contributed by atoms with van der Waals surface area (Å²) < 4.78 is 0. The van der Waals surface area contributed by atoms with Crippen molar-refractivity contribution in [1.82, 2.24) is 0 Å². The Balaban J connectivity index is 1.83.